The Labute approximate surface area is 219 Å². The molecular weight excluding hydrogens is 497 g/mol. The van der Waals surface area contributed by atoms with Gasteiger partial charge >= 0.3 is 6.09 Å². The van der Waals surface area contributed by atoms with Crippen LogP contribution in [0.15, 0.2) is 72.8 Å². The first-order chi connectivity index (χ1) is 17.8. The molecule has 9 heteroatoms. The van der Waals surface area contributed by atoms with Crippen LogP contribution in [0, 0.1) is 5.82 Å². The Kier molecular flexibility index (Phi) is 8.40. The second-order valence-electron chi connectivity index (χ2n) is 8.77. The largest absolute Gasteiger partial charge is 0.438 e. The van der Waals surface area contributed by atoms with Crippen LogP contribution in [0.3, 0.4) is 0 Å². The molecule has 1 saturated heterocycles. The Morgan fingerprint density at radius 1 is 1.03 bits per heavy atom. The normalized spacial score (nSPS) is 16.8. The molecule has 2 N–H and O–H groups in total. The lowest BCUT2D eigenvalue weighted by Gasteiger charge is -2.24. The molecule has 3 amide bonds. The maximum absolute atomic E-state index is 13.5. The monoisotopic (exact) mass is 523 g/mol. The summed E-state index contributed by atoms with van der Waals surface area (Å²) in [6, 6.07) is 18.7. The summed E-state index contributed by atoms with van der Waals surface area (Å²) in [6.45, 7) is 2.17. The molecule has 0 bridgehead atoms. The smallest absolute Gasteiger partial charge is 0.411 e. The van der Waals surface area contributed by atoms with Gasteiger partial charge in [-0.1, -0.05) is 54.9 Å². The van der Waals surface area contributed by atoms with Crippen LogP contribution < -0.4 is 10.6 Å². The van der Waals surface area contributed by atoms with E-state index in [1.165, 1.54) is 17.0 Å². The molecule has 1 aliphatic heterocycles. The van der Waals surface area contributed by atoms with E-state index in [4.69, 9.17) is 16.3 Å². The van der Waals surface area contributed by atoms with Crippen LogP contribution >= 0.6 is 11.6 Å². The molecule has 0 saturated carbocycles. The third kappa shape index (κ3) is 6.65. The number of halogens is 2. The Morgan fingerprint density at radius 3 is 2.51 bits per heavy atom. The highest BCUT2D eigenvalue weighted by Gasteiger charge is 2.47. The summed E-state index contributed by atoms with van der Waals surface area (Å²) >= 11 is 6.13. The van der Waals surface area contributed by atoms with E-state index in [2.05, 4.69) is 10.6 Å². The van der Waals surface area contributed by atoms with Gasteiger partial charge in [0, 0.05) is 23.7 Å². The number of hydrogen-bond donors (Lipinski definition) is 2. The average Bonchev–Trinajstić information content (AvgIpc) is 3.19. The predicted octanol–water partition coefficient (Wildman–Crippen LogP) is 5.60. The van der Waals surface area contributed by atoms with Gasteiger partial charge in [0.15, 0.2) is 12.1 Å². The van der Waals surface area contributed by atoms with Gasteiger partial charge in [0.05, 0.1) is 6.54 Å². The lowest BCUT2D eigenvalue weighted by Crippen LogP contribution is -2.46. The molecule has 37 heavy (non-hydrogen) atoms. The number of cyclic esters (lactones) is 1. The van der Waals surface area contributed by atoms with E-state index < -0.39 is 24.1 Å². The van der Waals surface area contributed by atoms with E-state index in [-0.39, 0.29) is 24.8 Å². The molecule has 0 spiro atoms. The standard InChI is InChI=1S/C28H27ClFN3O4/c1-2-5-24(34)32-23-9-4-7-20(15-23)26-25(27(35)31-16-18-10-12-22(30)13-11-18)33(28(36)37-26)17-19-6-3-8-21(29)14-19/h3-4,6-15,25-26H,2,5,16-17H2,1H3,(H,31,35)(H,32,34). The third-order valence-corrected chi connectivity index (χ3v) is 6.19. The number of anilines is 1. The van der Waals surface area contributed by atoms with Crippen LogP contribution in [-0.4, -0.2) is 28.8 Å². The molecule has 1 fully saturated rings. The van der Waals surface area contributed by atoms with Gasteiger partial charge in [-0.15, -0.1) is 0 Å². The SMILES string of the molecule is CCCC(=O)Nc1cccc(C2OC(=O)N(Cc3cccc(Cl)c3)C2C(=O)NCc2ccc(F)cc2)c1. The van der Waals surface area contributed by atoms with Crippen molar-refractivity contribution in [3.8, 4) is 0 Å². The maximum Gasteiger partial charge on any atom is 0.411 e. The van der Waals surface area contributed by atoms with Crippen LogP contribution in [0.5, 0.6) is 0 Å². The number of nitrogens with one attached hydrogen (secondary N) is 2. The van der Waals surface area contributed by atoms with Crippen molar-refractivity contribution in [2.24, 2.45) is 0 Å². The van der Waals surface area contributed by atoms with Crippen LogP contribution in [0.2, 0.25) is 5.02 Å². The van der Waals surface area contributed by atoms with Crippen LogP contribution in [0.4, 0.5) is 14.9 Å². The molecule has 3 aromatic carbocycles. The molecule has 4 rings (SSSR count). The molecule has 0 radical (unpaired) electrons. The molecule has 1 heterocycles. The molecule has 192 valence electrons. The van der Waals surface area contributed by atoms with Crippen molar-refractivity contribution in [2.75, 3.05) is 5.32 Å². The number of rotatable bonds is 9. The van der Waals surface area contributed by atoms with Crippen molar-refractivity contribution in [3.05, 3.63) is 100 Å². The van der Waals surface area contributed by atoms with Gasteiger partial charge in [0.2, 0.25) is 11.8 Å². The number of ether oxygens (including phenoxy) is 1. The summed E-state index contributed by atoms with van der Waals surface area (Å²) in [5, 5.41) is 6.18. The molecule has 0 aliphatic carbocycles. The van der Waals surface area contributed by atoms with E-state index in [0.717, 1.165) is 5.56 Å². The maximum atomic E-state index is 13.5. The van der Waals surface area contributed by atoms with Gasteiger partial charge in [-0.2, -0.15) is 0 Å². The van der Waals surface area contributed by atoms with E-state index in [1.54, 1.807) is 54.6 Å². The van der Waals surface area contributed by atoms with E-state index in [0.29, 0.717) is 34.7 Å². The first-order valence-electron chi connectivity index (χ1n) is 12.0. The van der Waals surface area contributed by atoms with Crippen molar-refractivity contribution in [3.63, 3.8) is 0 Å². The number of amides is 3. The van der Waals surface area contributed by atoms with Crippen molar-refractivity contribution in [1.29, 1.82) is 0 Å². The summed E-state index contributed by atoms with van der Waals surface area (Å²) in [7, 11) is 0. The van der Waals surface area contributed by atoms with Crippen LogP contribution in [0.25, 0.3) is 0 Å². The van der Waals surface area contributed by atoms with Gasteiger partial charge in [0.25, 0.3) is 0 Å². The molecule has 2 atom stereocenters. The molecule has 1 aliphatic rings. The second-order valence-corrected chi connectivity index (χ2v) is 9.21. The number of carbonyl (C=O) groups excluding carboxylic acids is 3. The molecule has 2 unspecified atom stereocenters. The highest BCUT2D eigenvalue weighted by Crippen LogP contribution is 2.35. The van der Waals surface area contributed by atoms with E-state index >= 15 is 0 Å². The summed E-state index contributed by atoms with van der Waals surface area (Å²) in [5.74, 6) is -0.926. The zero-order valence-electron chi connectivity index (χ0n) is 20.2. The van der Waals surface area contributed by atoms with Crippen molar-refractivity contribution >= 4 is 35.2 Å². The van der Waals surface area contributed by atoms with Gasteiger partial charge in [-0.25, -0.2) is 9.18 Å². The molecule has 3 aromatic rings. The number of nitrogens with zero attached hydrogens (tertiary/aromatic N) is 1. The minimum Gasteiger partial charge on any atom is -0.438 e. The zero-order chi connectivity index (χ0) is 26.4. The van der Waals surface area contributed by atoms with Gasteiger partial charge in [-0.3, -0.25) is 14.5 Å². The molecule has 0 aromatic heterocycles. The summed E-state index contributed by atoms with van der Waals surface area (Å²) < 4.78 is 19.0. The Hall–Kier alpha value is -3.91. The van der Waals surface area contributed by atoms with Crippen LogP contribution in [-0.2, 0) is 27.4 Å². The first kappa shape index (κ1) is 26.2. The lowest BCUT2D eigenvalue weighted by atomic mass is 10.00. The summed E-state index contributed by atoms with van der Waals surface area (Å²) in [4.78, 5) is 39.9. The minimum absolute atomic E-state index is 0.109. The molecular formula is C28H27ClFN3O4. The fourth-order valence-corrected chi connectivity index (χ4v) is 4.39. The van der Waals surface area contributed by atoms with Gasteiger partial charge in [0.1, 0.15) is 5.82 Å². The fourth-order valence-electron chi connectivity index (χ4n) is 4.18. The number of benzene rings is 3. The topological polar surface area (TPSA) is 87.7 Å². The first-order valence-corrected chi connectivity index (χ1v) is 12.4. The Bertz CT molecular complexity index is 1280. The second kappa shape index (κ2) is 11.9. The van der Waals surface area contributed by atoms with Gasteiger partial charge < -0.3 is 15.4 Å². The summed E-state index contributed by atoms with van der Waals surface area (Å²) in [5.41, 5.74) is 2.56. The number of carbonyl (C=O) groups is 3. The Balaban J connectivity index is 1.60. The van der Waals surface area contributed by atoms with Crippen molar-refractivity contribution in [2.45, 2.75) is 45.0 Å². The summed E-state index contributed by atoms with van der Waals surface area (Å²) in [6.07, 6.45) is -0.472. The fraction of sp³-hybridized carbons (Fsp3) is 0.250. The zero-order valence-corrected chi connectivity index (χ0v) is 21.0. The predicted molar refractivity (Wildman–Crippen MR) is 138 cm³/mol. The van der Waals surface area contributed by atoms with E-state index in [9.17, 15) is 18.8 Å². The molecule has 7 nitrogen and oxygen atoms in total. The van der Waals surface area contributed by atoms with Gasteiger partial charge in [-0.05, 0) is 59.5 Å². The highest BCUT2D eigenvalue weighted by molar-refractivity contribution is 6.30. The lowest BCUT2D eigenvalue weighted by molar-refractivity contribution is -0.126. The van der Waals surface area contributed by atoms with E-state index in [1.807, 2.05) is 13.0 Å². The quantitative estimate of drug-likeness (QED) is 0.382. The minimum atomic E-state index is -0.992. The van der Waals surface area contributed by atoms with Crippen molar-refractivity contribution in [1.82, 2.24) is 10.2 Å². The van der Waals surface area contributed by atoms with Crippen LogP contribution in [0.1, 0.15) is 42.6 Å². The third-order valence-electron chi connectivity index (χ3n) is 5.95. The van der Waals surface area contributed by atoms with Crippen molar-refractivity contribution < 1.29 is 23.5 Å². The Morgan fingerprint density at radius 2 is 1.78 bits per heavy atom. The highest BCUT2D eigenvalue weighted by atomic mass is 35.5. The number of hydrogen-bond acceptors (Lipinski definition) is 4. The average molecular weight is 524 g/mol.